The maximum absolute atomic E-state index is 13.5. The summed E-state index contributed by atoms with van der Waals surface area (Å²) in [7, 11) is -3.96. The topological polar surface area (TPSA) is 114 Å². The zero-order valence-corrected chi connectivity index (χ0v) is 18.8. The molecule has 0 unspecified atom stereocenters. The molecule has 1 aromatic heterocycles. The number of amides is 1. The summed E-state index contributed by atoms with van der Waals surface area (Å²) in [5, 5.41) is 11.7. The van der Waals surface area contributed by atoms with Crippen LogP contribution in [0.15, 0.2) is 47.4 Å². The average Bonchev–Trinajstić information content (AvgIpc) is 2.78. The van der Waals surface area contributed by atoms with E-state index >= 15 is 0 Å². The van der Waals surface area contributed by atoms with Crippen molar-refractivity contribution in [3.05, 3.63) is 75.2 Å². The molecule has 0 aliphatic carbocycles. The van der Waals surface area contributed by atoms with Gasteiger partial charge in [0.05, 0.1) is 26.6 Å². The lowest BCUT2D eigenvalue weighted by Crippen LogP contribution is -2.50. The van der Waals surface area contributed by atoms with Crippen molar-refractivity contribution in [3.63, 3.8) is 0 Å². The number of nitro groups is 1. The molecule has 3 aromatic rings. The highest BCUT2D eigenvalue weighted by Gasteiger charge is 2.32. The van der Waals surface area contributed by atoms with E-state index in [1.807, 2.05) is 0 Å². The molecule has 1 aliphatic heterocycles. The SMILES string of the molecule is Cc1ccc([N+](=O)[O-])cc1S(=O)(=O)N1CCN(C(=O)c2cc3ccc(F)cc3nc2C)CC1. The van der Waals surface area contributed by atoms with Crippen LogP contribution in [0, 0.1) is 29.8 Å². The number of rotatable bonds is 4. The predicted molar refractivity (Wildman–Crippen MR) is 119 cm³/mol. The molecule has 172 valence electrons. The van der Waals surface area contributed by atoms with E-state index in [1.54, 1.807) is 30.9 Å². The fraction of sp³-hybridized carbons (Fsp3) is 0.273. The molecule has 1 aliphatic rings. The van der Waals surface area contributed by atoms with Gasteiger partial charge in [-0.2, -0.15) is 4.31 Å². The molecular weight excluding hydrogens is 451 g/mol. The third-order valence-electron chi connectivity index (χ3n) is 5.73. The Kier molecular flexibility index (Phi) is 5.85. The number of halogens is 1. The molecule has 1 saturated heterocycles. The van der Waals surface area contributed by atoms with E-state index in [4.69, 9.17) is 0 Å². The van der Waals surface area contributed by atoms with Crippen LogP contribution < -0.4 is 0 Å². The Morgan fingerprint density at radius 1 is 1.06 bits per heavy atom. The van der Waals surface area contributed by atoms with Crippen LogP contribution in [-0.4, -0.2) is 59.6 Å². The number of nitro benzene ring substituents is 1. The van der Waals surface area contributed by atoms with Gasteiger partial charge < -0.3 is 4.90 Å². The third kappa shape index (κ3) is 4.29. The third-order valence-corrected chi connectivity index (χ3v) is 7.77. The molecule has 2 aromatic carbocycles. The van der Waals surface area contributed by atoms with E-state index in [0.29, 0.717) is 27.7 Å². The quantitative estimate of drug-likeness (QED) is 0.426. The Balaban J connectivity index is 1.53. The van der Waals surface area contributed by atoms with Crippen molar-refractivity contribution >= 4 is 32.5 Å². The van der Waals surface area contributed by atoms with Crippen molar-refractivity contribution in [1.82, 2.24) is 14.2 Å². The maximum Gasteiger partial charge on any atom is 0.270 e. The number of aryl methyl sites for hydroxylation is 2. The van der Waals surface area contributed by atoms with Gasteiger partial charge in [0.15, 0.2) is 0 Å². The molecule has 1 fully saturated rings. The zero-order valence-electron chi connectivity index (χ0n) is 18.0. The molecule has 0 spiro atoms. The van der Waals surface area contributed by atoms with E-state index in [9.17, 15) is 27.7 Å². The normalized spacial score (nSPS) is 15.1. The van der Waals surface area contributed by atoms with Crippen molar-refractivity contribution in [2.75, 3.05) is 26.2 Å². The minimum Gasteiger partial charge on any atom is -0.336 e. The van der Waals surface area contributed by atoms with Gasteiger partial charge in [0.2, 0.25) is 10.0 Å². The van der Waals surface area contributed by atoms with Crippen molar-refractivity contribution in [1.29, 1.82) is 0 Å². The number of carbonyl (C=O) groups is 1. The Morgan fingerprint density at radius 2 is 1.76 bits per heavy atom. The standard InChI is InChI=1S/C22H21FN4O5S/c1-14-3-6-18(27(29)30)13-21(14)33(31,32)26-9-7-25(8-10-26)22(28)19-11-16-4-5-17(23)12-20(16)24-15(19)2/h3-6,11-13H,7-10H2,1-2H3. The summed E-state index contributed by atoms with van der Waals surface area (Å²) in [6.45, 7) is 3.68. The van der Waals surface area contributed by atoms with Crippen molar-refractivity contribution < 1.29 is 22.5 Å². The molecule has 11 heteroatoms. The van der Waals surface area contributed by atoms with Crippen molar-refractivity contribution in [2.45, 2.75) is 18.7 Å². The van der Waals surface area contributed by atoms with Crippen LogP contribution in [0.25, 0.3) is 10.9 Å². The van der Waals surface area contributed by atoms with E-state index in [0.717, 1.165) is 6.07 Å². The van der Waals surface area contributed by atoms with Crippen molar-refractivity contribution in [2.24, 2.45) is 0 Å². The van der Waals surface area contributed by atoms with Crippen LogP contribution in [0.1, 0.15) is 21.6 Å². The van der Waals surface area contributed by atoms with Crippen LogP contribution in [0.3, 0.4) is 0 Å². The van der Waals surface area contributed by atoms with Crippen LogP contribution in [0.4, 0.5) is 10.1 Å². The number of pyridine rings is 1. The lowest BCUT2D eigenvalue weighted by molar-refractivity contribution is -0.385. The van der Waals surface area contributed by atoms with E-state index in [1.165, 1.54) is 28.6 Å². The first-order chi connectivity index (χ1) is 15.6. The molecular formula is C22H21FN4O5S. The first-order valence-electron chi connectivity index (χ1n) is 10.2. The van der Waals surface area contributed by atoms with Gasteiger partial charge in [-0.25, -0.2) is 12.8 Å². The average molecular weight is 472 g/mol. The number of carbonyl (C=O) groups excluding carboxylic acids is 1. The van der Waals surface area contributed by atoms with Gasteiger partial charge in [0.1, 0.15) is 5.82 Å². The summed E-state index contributed by atoms with van der Waals surface area (Å²) in [4.78, 5) is 29.3. The Bertz CT molecular complexity index is 1390. The second kappa shape index (κ2) is 8.49. The summed E-state index contributed by atoms with van der Waals surface area (Å²) in [6, 6.07) is 9.55. The second-order valence-electron chi connectivity index (χ2n) is 7.86. The highest BCUT2D eigenvalue weighted by atomic mass is 32.2. The van der Waals surface area contributed by atoms with Gasteiger partial charge in [-0.1, -0.05) is 6.07 Å². The van der Waals surface area contributed by atoms with E-state index < -0.39 is 20.8 Å². The van der Waals surface area contributed by atoms with Gasteiger partial charge in [-0.3, -0.25) is 19.9 Å². The molecule has 0 radical (unpaired) electrons. The van der Waals surface area contributed by atoms with Crippen LogP contribution in [-0.2, 0) is 10.0 Å². The van der Waals surface area contributed by atoms with Gasteiger partial charge >= 0.3 is 0 Å². The lowest BCUT2D eigenvalue weighted by atomic mass is 10.1. The highest BCUT2D eigenvalue weighted by molar-refractivity contribution is 7.89. The number of benzene rings is 2. The van der Waals surface area contributed by atoms with Gasteiger partial charge in [0, 0.05) is 49.8 Å². The second-order valence-corrected chi connectivity index (χ2v) is 9.77. The van der Waals surface area contributed by atoms with Gasteiger partial charge in [-0.15, -0.1) is 0 Å². The summed E-state index contributed by atoms with van der Waals surface area (Å²) in [6.07, 6.45) is 0. The zero-order chi connectivity index (χ0) is 23.9. The number of hydrogen-bond acceptors (Lipinski definition) is 6. The summed E-state index contributed by atoms with van der Waals surface area (Å²) in [5.74, 6) is -0.695. The Hall–Kier alpha value is -3.44. The minimum absolute atomic E-state index is 0.0570. The number of sulfonamides is 1. The predicted octanol–water partition coefficient (Wildman–Crippen LogP) is 3.05. The maximum atomic E-state index is 13.5. The molecule has 33 heavy (non-hydrogen) atoms. The fourth-order valence-corrected chi connectivity index (χ4v) is 5.54. The van der Waals surface area contributed by atoms with Crippen LogP contribution >= 0.6 is 0 Å². The molecule has 0 N–H and O–H groups in total. The van der Waals surface area contributed by atoms with Gasteiger partial charge in [0.25, 0.3) is 11.6 Å². The molecule has 1 amide bonds. The van der Waals surface area contributed by atoms with Gasteiger partial charge in [-0.05, 0) is 37.6 Å². The highest BCUT2D eigenvalue weighted by Crippen LogP contribution is 2.26. The first-order valence-corrected chi connectivity index (χ1v) is 11.6. The smallest absolute Gasteiger partial charge is 0.270 e. The number of nitrogens with zero attached hydrogens (tertiary/aromatic N) is 4. The number of aromatic nitrogens is 1. The molecule has 4 rings (SSSR count). The van der Waals surface area contributed by atoms with Crippen molar-refractivity contribution in [3.8, 4) is 0 Å². The minimum atomic E-state index is -3.96. The number of fused-ring (bicyclic) bond motifs is 1. The monoisotopic (exact) mass is 472 g/mol. The fourth-order valence-electron chi connectivity index (χ4n) is 3.87. The Labute approximate surface area is 189 Å². The van der Waals surface area contributed by atoms with Crippen LogP contribution in [0.2, 0.25) is 0 Å². The number of piperazine rings is 1. The summed E-state index contributed by atoms with van der Waals surface area (Å²) >= 11 is 0. The molecule has 0 saturated carbocycles. The summed E-state index contributed by atoms with van der Waals surface area (Å²) < 4.78 is 40.9. The molecule has 0 bridgehead atoms. The van der Waals surface area contributed by atoms with E-state index in [2.05, 4.69) is 4.98 Å². The lowest BCUT2D eigenvalue weighted by Gasteiger charge is -2.34. The van der Waals surface area contributed by atoms with E-state index in [-0.39, 0.29) is 42.7 Å². The van der Waals surface area contributed by atoms with Crippen LogP contribution in [0.5, 0.6) is 0 Å². The largest absolute Gasteiger partial charge is 0.336 e. The molecule has 2 heterocycles. The number of hydrogen-bond donors (Lipinski definition) is 0. The summed E-state index contributed by atoms with van der Waals surface area (Å²) in [5.41, 5.74) is 1.40. The first kappa shape index (κ1) is 22.7. The number of non-ortho nitro benzene ring substituents is 1. The molecule has 9 nitrogen and oxygen atoms in total. The molecule has 0 atom stereocenters. The Morgan fingerprint density at radius 3 is 2.42 bits per heavy atom.